The van der Waals surface area contributed by atoms with Crippen LogP contribution in [0.5, 0.6) is 0 Å². The molecule has 1 fully saturated rings. The van der Waals surface area contributed by atoms with E-state index in [1.54, 1.807) is 12.1 Å². The van der Waals surface area contributed by atoms with Gasteiger partial charge in [-0.25, -0.2) is 13.6 Å². The van der Waals surface area contributed by atoms with Gasteiger partial charge in [-0.05, 0) is 55.2 Å². The number of esters is 1. The first-order valence-electron chi connectivity index (χ1n) is 8.26. The van der Waals surface area contributed by atoms with Crippen molar-refractivity contribution in [3.63, 3.8) is 0 Å². The zero-order chi connectivity index (χ0) is 17.7. The van der Waals surface area contributed by atoms with E-state index in [4.69, 9.17) is 0 Å². The molecule has 0 unspecified atom stereocenters. The smallest absolute Gasteiger partial charge is 0.340 e. The Morgan fingerprint density at radius 2 is 1.75 bits per heavy atom. The summed E-state index contributed by atoms with van der Waals surface area (Å²) < 4.78 is 53.9. The van der Waals surface area contributed by atoms with E-state index in [-0.39, 0.29) is 5.56 Å². The molecule has 24 heavy (non-hydrogen) atoms. The molecule has 0 amide bonds. The van der Waals surface area contributed by atoms with Crippen molar-refractivity contribution < 1.29 is 27.1 Å². The molecule has 0 saturated heterocycles. The number of carbonyl (C=O) groups is 1. The number of hydrogen-bond acceptors (Lipinski definition) is 2. The topological polar surface area (TPSA) is 26.3 Å². The minimum atomic E-state index is -4.33. The normalized spacial score (nSPS) is 21.8. The van der Waals surface area contributed by atoms with Gasteiger partial charge in [0.2, 0.25) is 0 Å². The van der Waals surface area contributed by atoms with Gasteiger partial charge in [-0.2, -0.15) is 8.78 Å². The summed E-state index contributed by atoms with van der Waals surface area (Å²) in [5, 5.41) is 0. The third-order valence-electron chi connectivity index (χ3n) is 4.76. The Bertz CT molecular complexity index is 534. The Labute approximate surface area is 139 Å². The number of ether oxygens (including phenoxy) is 1. The molecule has 0 bridgehead atoms. The summed E-state index contributed by atoms with van der Waals surface area (Å²) >= 11 is 0. The molecule has 0 aromatic heterocycles. The summed E-state index contributed by atoms with van der Waals surface area (Å²) in [4.78, 5) is 11.7. The summed E-state index contributed by atoms with van der Waals surface area (Å²) in [5.41, 5.74) is 1.20. The minimum Gasteiger partial charge on any atom is -0.455 e. The van der Waals surface area contributed by atoms with E-state index in [0.717, 1.165) is 24.3 Å². The predicted octanol–water partition coefficient (Wildman–Crippen LogP) is 5.43. The van der Waals surface area contributed by atoms with E-state index in [1.807, 2.05) is 0 Å². The van der Waals surface area contributed by atoms with Gasteiger partial charge in [-0.15, -0.1) is 0 Å². The lowest BCUT2D eigenvalue weighted by molar-refractivity contribution is -0.155. The van der Waals surface area contributed by atoms with Crippen LogP contribution in [0.1, 0.15) is 60.9 Å². The molecule has 1 saturated carbocycles. The number of halogens is 4. The second-order valence-electron chi connectivity index (χ2n) is 6.39. The predicted molar refractivity (Wildman–Crippen MR) is 82.7 cm³/mol. The monoisotopic (exact) mass is 346 g/mol. The summed E-state index contributed by atoms with van der Waals surface area (Å²) in [5.74, 6) is -4.11. The number of benzene rings is 1. The second-order valence-corrected chi connectivity index (χ2v) is 6.39. The molecule has 2 nitrogen and oxygen atoms in total. The zero-order valence-corrected chi connectivity index (χ0v) is 13.6. The highest BCUT2D eigenvalue weighted by Crippen LogP contribution is 2.37. The molecule has 1 aliphatic carbocycles. The van der Waals surface area contributed by atoms with Gasteiger partial charge < -0.3 is 4.74 Å². The number of carbonyl (C=O) groups excluding carboxylic acids is 1. The van der Waals surface area contributed by atoms with Crippen molar-refractivity contribution in [2.24, 2.45) is 5.92 Å². The lowest BCUT2D eigenvalue weighted by Crippen LogP contribution is -2.33. The molecule has 134 valence electrons. The van der Waals surface area contributed by atoms with Crippen LogP contribution >= 0.6 is 0 Å². The van der Waals surface area contributed by atoms with Crippen LogP contribution in [0.4, 0.5) is 17.6 Å². The Balaban J connectivity index is 1.91. The molecule has 1 aromatic carbocycles. The van der Waals surface area contributed by atoms with Crippen molar-refractivity contribution in [3.05, 3.63) is 35.4 Å². The van der Waals surface area contributed by atoms with Crippen LogP contribution in [0.15, 0.2) is 24.3 Å². The quantitative estimate of drug-likeness (QED) is 0.507. The third kappa shape index (κ3) is 4.71. The van der Waals surface area contributed by atoms with E-state index >= 15 is 0 Å². The van der Waals surface area contributed by atoms with Crippen molar-refractivity contribution in [1.29, 1.82) is 0 Å². The van der Waals surface area contributed by atoms with E-state index in [9.17, 15) is 22.4 Å². The zero-order valence-electron chi connectivity index (χ0n) is 13.6. The summed E-state index contributed by atoms with van der Waals surface area (Å²) in [7, 11) is 0. The van der Waals surface area contributed by atoms with Gasteiger partial charge >= 0.3 is 18.3 Å². The molecule has 0 heterocycles. The number of hydrogen-bond donors (Lipinski definition) is 0. The largest absolute Gasteiger partial charge is 0.455 e. The fraction of sp³-hybridized carbons (Fsp3) is 0.611. The molecule has 0 spiro atoms. The van der Waals surface area contributed by atoms with Crippen LogP contribution in [0.3, 0.4) is 0 Å². The van der Waals surface area contributed by atoms with Gasteiger partial charge in [0.15, 0.2) is 6.61 Å². The third-order valence-corrected chi connectivity index (χ3v) is 4.76. The van der Waals surface area contributed by atoms with Crippen molar-refractivity contribution >= 4 is 5.97 Å². The van der Waals surface area contributed by atoms with E-state index in [0.29, 0.717) is 5.92 Å². The highest BCUT2D eigenvalue weighted by molar-refractivity contribution is 5.89. The van der Waals surface area contributed by atoms with Gasteiger partial charge in [-0.1, -0.05) is 25.5 Å². The average molecular weight is 346 g/mol. The maximum atomic E-state index is 12.8. The highest BCUT2D eigenvalue weighted by atomic mass is 19.3. The molecular weight excluding hydrogens is 324 g/mol. The summed E-state index contributed by atoms with van der Waals surface area (Å²) in [6.07, 6.45) is 1.92. The van der Waals surface area contributed by atoms with Crippen molar-refractivity contribution in [2.45, 2.75) is 57.3 Å². The molecule has 0 N–H and O–H groups in total. The Hall–Kier alpha value is -1.59. The summed E-state index contributed by atoms with van der Waals surface area (Å²) in [6, 6.07) is 6.59. The standard InChI is InChI=1S/C18H22F4O2/c1-2-12-3-5-13(6-4-12)14-7-9-15(10-8-14)16(23)24-11-18(21,22)17(19)20/h7-10,12-13,17H,2-6,11H2,1H3/t12-,13-. The SMILES string of the molecule is CC[C@H]1CC[C@H](c2ccc(C(=O)OCC(F)(F)C(F)F)cc2)CC1. The number of alkyl halides is 4. The van der Waals surface area contributed by atoms with Crippen LogP contribution in [0.25, 0.3) is 0 Å². The average Bonchev–Trinajstić information content (AvgIpc) is 2.60. The fourth-order valence-corrected chi connectivity index (χ4v) is 3.10. The Morgan fingerprint density at radius 3 is 2.25 bits per heavy atom. The number of rotatable bonds is 6. The highest BCUT2D eigenvalue weighted by Gasteiger charge is 2.42. The molecule has 1 aliphatic rings. The van der Waals surface area contributed by atoms with Crippen molar-refractivity contribution in [3.8, 4) is 0 Å². The molecular formula is C18H22F4O2. The molecule has 6 heteroatoms. The lowest BCUT2D eigenvalue weighted by atomic mass is 9.78. The van der Waals surface area contributed by atoms with Gasteiger partial charge in [0.25, 0.3) is 0 Å². The minimum absolute atomic E-state index is 0.0889. The van der Waals surface area contributed by atoms with Crippen LogP contribution in [-0.4, -0.2) is 24.9 Å². The molecule has 1 aromatic rings. The van der Waals surface area contributed by atoms with Crippen molar-refractivity contribution in [1.82, 2.24) is 0 Å². The first-order chi connectivity index (χ1) is 11.3. The Morgan fingerprint density at radius 1 is 1.17 bits per heavy atom. The first kappa shape index (κ1) is 18.7. The van der Waals surface area contributed by atoms with E-state index in [1.165, 1.54) is 31.4 Å². The van der Waals surface area contributed by atoms with Gasteiger partial charge in [0.1, 0.15) is 0 Å². The van der Waals surface area contributed by atoms with Gasteiger partial charge in [0.05, 0.1) is 5.56 Å². The van der Waals surface area contributed by atoms with Crippen LogP contribution in [0.2, 0.25) is 0 Å². The van der Waals surface area contributed by atoms with Crippen LogP contribution in [0, 0.1) is 5.92 Å². The van der Waals surface area contributed by atoms with Crippen molar-refractivity contribution in [2.75, 3.05) is 6.61 Å². The Kier molecular flexibility index (Phi) is 6.24. The van der Waals surface area contributed by atoms with E-state index < -0.39 is 24.9 Å². The van der Waals surface area contributed by atoms with Gasteiger partial charge in [-0.3, -0.25) is 0 Å². The first-order valence-corrected chi connectivity index (χ1v) is 8.26. The van der Waals surface area contributed by atoms with Crippen LogP contribution in [-0.2, 0) is 4.74 Å². The maximum absolute atomic E-state index is 12.8. The fourth-order valence-electron chi connectivity index (χ4n) is 3.10. The second kappa shape index (κ2) is 7.99. The molecule has 0 atom stereocenters. The molecule has 0 aliphatic heterocycles. The van der Waals surface area contributed by atoms with E-state index in [2.05, 4.69) is 11.7 Å². The lowest BCUT2D eigenvalue weighted by Gasteiger charge is -2.28. The van der Waals surface area contributed by atoms with Crippen LogP contribution < -0.4 is 0 Å². The summed E-state index contributed by atoms with van der Waals surface area (Å²) in [6.45, 7) is 0.579. The molecule has 0 radical (unpaired) electrons. The van der Waals surface area contributed by atoms with Gasteiger partial charge in [0, 0.05) is 0 Å². The molecule has 2 rings (SSSR count). The maximum Gasteiger partial charge on any atom is 0.340 e.